The van der Waals surface area contributed by atoms with Crippen molar-refractivity contribution in [2.45, 2.75) is 33.2 Å². The van der Waals surface area contributed by atoms with Crippen molar-refractivity contribution in [3.8, 4) is 0 Å². The predicted molar refractivity (Wildman–Crippen MR) is 95.1 cm³/mol. The first-order valence-electron chi connectivity index (χ1n) is 8.00. The van der Waals surface area contributed by atoms with E-state index in [4.69, 9.17) is 0 Å². The van der Waals surface area contributed by atoms with Gasteiger partial charge < -0.3 is 15.3 Å². The Morgan fingerprint density at radius 1 is 1.08 bits per heavy atom. The molecule has 3 N–H and O–H groups in total. The van der Waals surface area contributed by atoms with E-state index in [0.29, 0.717) is 6.42 Å². The number of rotatable bonds is 4. The molecular formula is C19H21N3O2. The van der Waals surface area contributed by atoms with Crippen LogP contribution in [0, 0.1) is 13.8 Å². The van der Waals surface area contributed by atoms with Crippen LogP contribution in [0.15, 0.2) is 41.2 Å². The van der Waals surface area contributed by atoms with E-state index in [2.05, 4.69) is 21.4 Å². The van der Waals surface area contributed by atoms with Crippen molar-refractivity contribution in [3.05, 3.63) is 69.1 Å². The molecule has 0 aliphatic heterocycles. The van der Waals surface area contributed by atoms with Crippen LogP contribution in [0.2, 0.25) is 0 Å². The van der Waals surface area contributed by atoms with Gasteiger partial charge in [0, 0.05) is 0 Å². The predicted octanol–water partition coefficient (Wildman–Crippen LogP) is 2.89. The molecule has 1 atom stereocenters. The number of carbonyl (C=O) groups is 1. The molecule has 0 fully saturated rings. The van der Waals surface area contributed by atoms with Crippen molar-refractivity contribution in [1.82, 2.24) is 15.3 Å². The van der Waals surface area contributed by atoms with Crippen LogP contribution in [0.4, 0.5) is 0 Å². The Labute approximate surface area is 140 Å². The molecular weight excluding hydrogens is 302 g/mol. The Kier molecular flexibility index (Phi) is 4.25. The molecule has 0 saturated carbocycles. The molecule has 3 aromatic rings. The molecule has 0 aliphatic carbocycles. The molecule has 0 bridgehead atoms. The topological polar surface area (TPSA) is 77.8 Å². The number of carbonyl (C=O) groups excluding carboxylic acids is 1. The second-order valence-corrected chi connectivity index (χ2v) is 6.28. The van der Waals surface area contributed by atoms with Gasteiger partial charge in [0.05, 0.1) is 23.5 Å². The number of H-pyrrole nitrogens is 2. The lowest BCUT2D eigenvalue weighted by atomic mass is 10.0. The number of amides is 1. The second kappa shape index (κ2) is 6.35. The first kappa shape index (κ1) is 16.1. The second-order valence-electron chi connectivity index (χ2n) is 6.28. The van der Waals surface area contributed by atoms with Gasteiger partial charge in [0.25, 0.3) is 0 Å². The van der Waals surface area contributed by atoms with Crippen LogP contribution in [0.5, 0.6) is 0 Å². The van der Waals surface area contributed by atoms with Crippen LogP contribution in [0.25, 0.3) is 11.0 Å². The van der Waals surface area contributed by atoms with Crippen LogP contribution in [0.3, 0.4) is 0 Å². The van der Waals surface area contributed by atoms with E-state index < -0.39 is 0 Å². The van der Waals surface area contributed by atoms with Crippen molar-refractivity contribution >= 4 is 16.9 Å². The largest absolute Gasteiger partial charge is 0.349 e. The van der Waals surface area contributed by atoms with Crippen LogP contribution in [-0.4, -0.2) is 15.9 Å². The van der Waals surface area contributed by atoms with E-state index in [1.54, 1.807) is 0 Å². The van der Waals surface area contributed by atoms with Gasteiger partial charge in [-0.25, -0.2) is 4.79 Å². The number of benzene rings is 2. The fourth-order valence-electron chi connectivity index (χ4n) is 2.86. The van der Waals surface area contributed by atoms with Crippen LogP contribution < -0.4 is 11.0 Å². The summed E-state index contributed by atoms with van der Waals surface area (Å²) in [5, 5.41) is 3.02. The number of nitrogens with one attached hydrogen (secondary N) is 3. The molecule has 0 saturated heterocycles. The molecule has 0 aliphatic rings. The van der Waals surface area contributed by atoms with Gasteiger partial charge in [0.2, 0.25) is 5.91 Å². The van der Waals surface area contributed by atoms with E-state index in [1.807, 2.05) is 51.1 Å². The number of aromatic nitrogens is 2. The van der Waals surface area contributed by atoms with Gasteiger partial charge in [0.1, 0.15) is 0 Å². The third-order valence-electron chi connectivity index (χ3n) is 4.27. The Morgan fingerprint density at radius 2 is 1.83 bits per heavy atom. The Hall–Kier alpha value is -2.82. The fraction of sp³-hybridized carbons (Fsp3) is 0.263. The first-order chi connectivity index (χ1) is 11.4. The zero-order valence-corrected chi connectivity index (χ0v) is 14.1. The van der Waals surface area contributed by atoms with E-state index in [1.165, 1.54) is 0 Å². The monoisotopic (exact) mass is 323 g/mol. The summed E-state index contributed by atoms with van der Waals surface area (Å²) in [5.74, 6) is -0.0149. The molecule has 5 nitrogen and oxygen atoms in total. The highest BCUT2D eigenvalue weighted by molar-refractivity contribution is 5.80. The average molecular weight is 323 g/mol. The third kappa shape index (κ3) is 3.40. The lowest BCUT2D eigenvalue weighted by Crippen LogP contribution is -2.28. The summed E-state index contributed by atoms with van der Waals surface area (Å²) in [6.07, 6.45) is 0.362. The minimum absolute atomic E-state index is 0.0149. The van der Waals surface area contributed by atoms with Crippen molar-refractivity contribution in [1.29, 1.82) is 0 Å². The standard InChI is InChI=1S/C19H21N3O2/c1-11-4-5-12(2)15(8-11)10-18(23)20-13(3)14-6-7-16-17(9-14)22-19(24)21-16/h4-9,13H,10H2,1-3H3,(H,20,23)(H2,21,22,24)/t13-/m1/s1. The van der Waals surface area contributed by atoms with Crippen LogP contribution in [-0.2, 0) is 11.2 Å². The molecule has 0 unspecified atom stereocenters. The summed E-state index contributed by atoms with van der Waals surface area (Å²) in [5.41, 5.74) is 5.55. The van der Waals surface area contributed by atoms with E-state index >= 15 is 0 Å². The fourth-order valence-corrected chi connectivity index (χ4v) is 2.86. The average Bonchev–Trinajstić information content (AvgIpc) is 2.89. The summed E-state index contributed by atoms with van der Waals surface area (Å²) in [4.78, 5) is 29.1. The summed E-state index contributed by atoms with van der Waals surface area (Å²) in [6.45, 7) is 5.98. The van der Waals surface area contributed by atoms with Gasteiger partial charge in [-0.15, -0.1) is 0 Å². The number of hydrogen-bond donors (Lipinski definition) is 3. The maximum Gasteiger partial charge on any atom is 0.323 e. The SMILES string of the molecule is Cc1ccc(C)c(CC(=O)N[C@H](C)c2ccc3[nH]c(=O)[nH]c3c2)c1. The molecule has 5 heteroatoms. The maximum atomic E-state index is 12.4. The van der Waals surface area contributed by atoms with Gasteiger partial charge in [-0.3, -0.25) is 4.79 Å². The van der Waals surface area contributed by atoms with Gasteiger partial charge in [-0.05, 0) is 49.6 Å². The van der Waals surface area contributed by atoms with Gasteiger partial charge in [-0.1, -0.05) is 29.8 Å². The highest BCUT2D eigenvalue weighted by atomic mass is 16.1. The number of hydrogen-bond acceptors (Lipinski definition) is 2. The Balaban J connectivity index is 1.72. The molecule has 1 heterocycles. The van der Waals surface area contributed by atoms with Crippen molar-refractivity contribution < 1.29 is 4.79 Å². The summed E-state index contributed by atoms with van der Waals surface area (Å²) < 4.78 is 0. The molecule has 24 heavy (non-hydrogen) atoms. The number of aryl methyl sites for hydroxylation is 2. The van der Waals surface area contributed by atoms with E-state index in [9.17, 15) is 9.59 Å². The molecule has 3 rings (SSSR count). The molecule has 1 aromatic heterocycles. The lowest BCUT2D eigenvalue weighted by Gasteiger charge is -2.15. The number of fused-ring (bicyclic) bond motifs is 1. The maximum absolute atomic E-state index is 12.4. The summed E-state index contributed by atoms with van der Waals surface area (Å²) in [6, 6.07) is 11.6. The zero-order valence-electron chi connectivity index (χ0n) is 14.1. The minimum Gasteiger partial charge on any atom is -0.349 e. The van der Waals surface area contributed by atoms with Crippen LogP contribution in [0.1, 0.15) is 35.2 Å². The molecule has 2 aromatic carbocycles. The normalized spacial score (nSPS) is 12.3. The minimum atomic E-state index is -0.228. The highest BCUT2D eigenvalue weighted by Crippen LogP contribution is 2.18. The van der Waals surface area contributed by atoms with E-state index in [0.717, 1.165) is 33.3 Å². The quantitative estimate of drug-likeness (QED) is 0.690. The van der Waals surface area contributed by atoms with Crippen molar-refractivity contribution in [2.24, 2.45) is 0 Å². The van der Waals surface area contributed by atoms with Crippen molar-refractivity contribution in [2.75, 3.05) is 0 Å². The summed E-state index contributed by atoms with van der Waals surface area (Å²) >= 11 is 0. The lowest BCUT2D eigenvalue weighted by molar-refractivity contribution is -0.121. The number of aromatic amines is 2. The molecule has 124 valence electrons. The first-order valence-corrected chi connectivity index (χ1v) is 8.00. The molecule has 0 spiro atoms. The smallest absolute Gasteiger partial charge is 0.323 e. The number of imidazole rings is 1. The van der Waals surface area contributed by atoms with Crippen molar-refractivity contribution in [3.63, 3.8) is 0 Å². The van der Waals surface area contributed by atoms with Gasteiger partial charge >= 0.3 is 5.69 Å². The van der Waals surface area contributed by atoms with Crippen LogP contribution >= 0.6 is 0 Å². The zero-order chi connectivity index (χ0) is 17.3. The Morgan fingerprint density at radius 3 is 2.62 bits per heavy atom. The highest BCUT2D eigenvalue weighted by Gasteiger charge is 2.12. The third-order valence-corrected chi connectivity index (χ3v) is 4.27. The van der Waals surface area contributed by atoms with E-state index in [-0.39, 0.29) is 17.6 Å². The molecule has 1 amide bonds. The molecule has 0 radical (unpaired) electrons. The van der Waals surface area contributed by atoms with Gasteiger partial charge in [-0.2, -0.15) is 0 Å². The van der Waals surface area contributed by atoms with Gasteiger partial charge in [0.15, 0.2) is 0 Å². The summed E-state index contributed by atoms with van der Waals surface area (Å²) in [7, 11) is 0. The Bertz CT molecular complexity index is 953.